The summed E-state index contributed by atoms with van der Waals surface area (Å²) in [6, 6.07) is 1.42. The molecule has 3 heterocycles. The maximum Gasteiger partial charge on any atom is 0.435 e. The molecule has 3 rings (SSSR count). The van der Waals surface area contributed by atoms with Crippen LogP contribution in [0.5, 0.6) is 5.75 Å². The topological polar surface area (TPSA) is 83.8 Å². The first kappa shape index (κ1) is 18.1. The van der Waals surface area contributed by atoms with Gasteiger partial charge in [-0.3, -0.25) is 14.5 Å². The Balaban J connectivity index is 0.00000208. The van der Waals surface area contributed by atoms with E-state index in [-0.39, 0.29) is 34.3 Å². The Hall–Kier alpha value is -2.26. The van der Waals surface area contributed by atoms with Gasteiger partial charge in [-0.2, -0.15) is 18.3 Å². The zero-order chi connectivity index (χ0) is 16.9. The van der Waals surface area contributed by atoms with E-state index < -0.39 is 28.4 Å². The normalized spacial score (nSPS) is 11.5. The standard InChI is InChI=1S/C13H8ClF3N4O2.ClH/c1-21-12-7(11(20-21)13(15,16)17)9(22)10(23)8(19-12)5-2-3-18-4-6(5)14;/h2-4,23H,1H3,(H,19,22);1H. The van der Waals surface area contributed by atoms with Crippen LogP contribution in [0.15, 0.2) is 23.3 Å². The van der Waals surface area contributed by atoms with Crippen molar-refractivity contribution in [2.24, 2.45) is 7.05 Å². The highest BCUT2D eigenvalue weighted by molar-refractivity contribution is 6.33. The van der Waals surface area contributed by atoms with Crippen LogP contribution >= 0.6 is 24.0 Å². The highest BCUT2D eigenvalue weighted by Gasteiger charge is 2.38. The quantitative estimate of drug-likeness (QED) is 0.679. The Morgan fingerprint density at radius 1 is 1.38 bits per heavy atom. The van der Waals surface area contributed by atoms with Gasteiger partial charge in [0.05, 0.1) is 10.7 Å². The molecule has 0 fully saturated rings. The number of hydrogen-bond acceptors (Lipinski definition) is 4. The minimum atomic E-state index is -4.82. The number of rotatable bonds is 1. The van der Waals surface area contributed by atoms with Gasteiger partial charge in [0.25, 0.3) is 0 Å². The van der Waals surface area contributed by atoms with Crippen molar-refractivity contribution in [3.05, 3.63) is 39.4 Å². The van der Waals surface area contributed by atoms with Gasteiger partial charge in [-0.15, -0.1) is 12.4 Å². The molecule has 0 radical (unpaired) electrons. The highest BCUT2D eigenvalue weighted by Crippen LogP contribution is 2.36. The molecule has 2 N–H and O–H groups in total. The fraction of sp³-hybridized carbons (Fsp3) is 0.154. The number of aryl methyl sites for hydroxylation is 1. The molecule has 0 amide bonds. The molecule has 0 aliphatic heterocycles. The zero-order valence-electron chi connectivity index (χ0n) is 11.8. The number of H-pyrrole nitrogens is 1. The van der Waals surface area contributed by atoms with Crippen LogP contribution in [0.25, 0.3) is 22.3 Å². The lowest BCUT2D eigenvalue weighted by Crippen LogP contribution is -2.12. The lowest BCUT2D eigenvalue weighted by molar-refractivity contribution is -0.140. The van der Waals surface area contributed by atoms with Gasteiger partial charge in [0.15, 0.2) is 11.4 Å². The van der Waals surface area contributed by atoms with Gasteiger partial charge in [-0.25, -0.2) is 0 Å². The molecular weight excluding hydrogens is 372 g/mol. The van der Waals surface area contributed by atoms with Gasteiger partial charge < -0.3 is 10.1 Å². The van der Waals surface area contributed by atoms with Crippen molar-refractivity contribution in [1.29, 1.82) is 0 Å². The smallest absolute Gasteiger partial charge is 0.435 e. The van der Waals surface area contributed by atoms with E-state index in [0.717, 1.165) is 4.68 Å². The van der Waals surface area contributed by atoms with E-state index in [1.54, 1.807) is 0 Å². The lowest BCUT2D eigenvalue weighted by atomic mass is 10.1. The summed E-state index contributed by atoms with van der Waals surface area (Å²) in [4.78, 5) is 18.6. The molecule has 128 valence electrons. The minimum Gasteiger partial charge on any atom is -0.503 e. The van der Waals surface area contributed by atoms with Gasteiger partial charge in [-0.1, -0.05) is 11.6 Å². The van der Waals surface area contributed by atoms with Crippen LogP contribution in [-0.4, -0.2) is 24.9 Å². The number of fused-ring (bicyclic) bond motifs is 1. The maximum atomic E-state index is 13.0. The fourth-order valence-electron chi connectivity index (χ4n) is 2.26. The van der Waals surface area contributed by atoms with Crippen molar-refractivity contribution in [2.45, 2.75) is 6.18 Å². The second kappa shape index (κ2) is 5.99. The van der Waals surface area contributed by atoms with E-state index >= 15 is 0 Å². The number of alkyl halides is 3. The second-order valence-corrected chi connectivity index (χ2v) is 5.13. The van der Waals surface area contributed by atoms with Crippen LogP contribution in [0.1, 0.15) is 5.69 Å². The molecule has 0 aromatic carbocycles. The minimum absolute atomic E-state index is 0. The van der Waals surface area contributed by atoms with Crippen molar-refractivity contribution in [2.75, 3.05) is 0 Å². The van der Waals surface area contributed by atoms with E-state index in [1.807, 2.05) is 0 Å². The molecule has 11 heteroatoms. The summed E-state index contributed by atoms with van der Waals surface area (Å²) in [6.45, 7) is 0. The van der Waals surface area contributed by atoms with Crippen LogP contribution in [0, 0.1) is 0 Å². The monoisotopic (exact) mass is 380 g/mol. The van der Waals surface area contributed by atoms with Crippen molar-refractivity contribution in [3.63, 3.8) is 0 Å². The molecule has 0 bridgehead atoms. The first-order valence-electron chi connectivity index (χ1n) is 6.21. The Labute approximate surface area is 143 Å². The van der Waals surface area contributed by atoms with E-state index in [2.05, 4.69) is 15.1 Å². The lowest BCUT2D eigenvalue weighted by Gasteiger charge is -2.08. The molecule has 0 unspecified atom stereocenters. The molecule has 0 saturated carbocycles. The van der Waals surface area contributed by atoms with Crippen LogP contribution < -0.4 is 5.43 Å². The van der Waals surface area contributed by atoms with Crippen LogP contribution in [0.2, 0.25) is 5.02 Å². The Morgan fingerprint density at radius 3 is 2.62 bits per heavy atom. The first-order valence-corrected chi connectivity index (χ1v) is 6.58. The average molecular weight is 381 g/mol. The van der Waals surface area contributed by atoms with E-state index in [1.165, 1.54) is 25.5 Å². The zero-order valence-corrected chi connectivity index (χ0v) is 13.4. The molecule has 24 heavy (non-hydrogen) atoms. The Morgan fingerprint density at radius 2 is 2.04 bits per heavy atom. The maximum absolute atomic E-state index is 13.0. The number of halogens is 5. The summed E-state index contributed by atoms with van der Waals surface area (Å²) in [5.41, 5.74) is -2.59. The van der Waals surface area contributed by atoms with Gasteiger partial charge in [-0.05, 0) is 6.07 Å². The Bertz CT molecular complexity index is 982. The number of nitrogens with zero attached hydrogens (tertiary/aromatic N) is 3. The number of aromatic amines is 1. The van der Waals surface area contributed by atoms with Crippen molar-refractivity contribution >= 4 is 35.0 Å². The van der Waals surface area contributed by atoms with Gasteiger partial charge in [0.1, 0.15) is 11.0 Å². The molecule has 0 saturated heterocycles. The van der Waals surface area contributed by atoms with Crippen molar-refractivity contribution < 1.29 is 18.3 Å². The summed E-state index contributed by atoms with van der Waals surface area (Å²) in [5.74, 6) is -0.871. The summed E-state index contributed by atoms with van der Waals surface area (Å²) < 4.78 is 39.9. The predicted molar refractivity (Wildman–Crippen MR) is 83.5 cm³/mol. The number of pyridine rings is 2. The number of aromatic nitrogens is 4. The molecule has 0 aliphatic carbocycles. The van der Waals surface area contributed by atoms with Crippen molar-refractivity contribution in [1.82, 2.24) is 19.7 Å². The number of nitrogens with one attached hydrogen (secondary N) is 1. The summed E-state index contributed by atoms with van der Waals surface area (Å²) in [5, 5.41) is 12.8. The summed E-state index contributed by atoms with van der Waals surface area (Å²) >= 11 is 5.95. The van der Waals surface area contributed by atoms with Crippen LogP contribution in [-0.2, 0) is 13.2 Å². The third-order valence-corrected chi connectivity index (χ3v) is 3.58. The molecule has 0 spiro atoms. The number of hydrogen-bond donors (Lipinski definition) is 2. The van der Waals surface area contributed by atoms with Gasteiger partial charge >= 0.3 is 6.18 Å². The highest BCUT2D eigenvalue weighted by atomic mass is 35.5. The van der Waals surface area contributed by atoms with Crippen molar-refractivity contribution in [3.8, 4) is 17.0 Å². The third kappa shape index (κ3) is 2.69. The van der Waals surface area contributed by atoms with E-state index in [4.69, 9.17) is 11.6 Å². The summed E-state index contributed by atoms with van der Waals surface area (Å²) in [6.07, 6.45) is -2.18. The molecule has 3 aromatic rings. The molecular formula is C13H9Cl2F3N4O2. The molecule has 6 nitrogen and oxygen atoms in total. The molecule has 0 aliphatic rings. The average Bonchev–Trinajstić information content (AvgIpc) is 2.81. The van der Waals surface area contributed by atoms with Crippen LogP contribution in [0.4, 0.5) is 13.2 Å². The van der Waals surface area contributed by atoms with E-state index in [0.29, 0.717) is 0 Å². The second-order valence-electron chi connectivity index (χ2n) is 4.73. The van der Waals surface area contributed by atoms with Gasteiger partial charge in [0, 0.05) is 25.0 Å². The van der Waals surface area contributed by atoms with Gasteiger partial charge in [0.2, 0.25) is 5.43 Å². The number of aromatic hydroxyl groups is 1. The molecule has 3 aromatic heterocycles. The fourth-order valence-corrected chi connectivity index (χ4v) is 2.48. The van der Waals surface area contributed by atoms with Crippen LogP contribution in [0.3, 0.4) is 0 Å². The predicted octanol–water partition coefficient (Wildman–Crippen LogP) is 3.12. The van der Waals surface area contributed by atoms with E-state index in [9.17, 15) is 23.1 Å². The SMILES string of the molecule is Cl.Cn1nc(C(F)(F)F)c2c(=O)c(O)c(-c3ccncc3Cl)[nH]c21. The first-order chi connectivity index (χ1) is 10.7. The third-order valence-electron chi connectivity index (χ3n) is 3.28. The summed E-state index contributed by atoms with van der Waals surface area (Å²) in [7, 11) is 1.25. The largest absolute Gasteiger partial charge is 0.503 e. The Kier molecular flexibility index (Phi) is 4.51. The molecule has 0 atom stereocenters.